The van der Waals surface area contributed by atoms with Gasteiger partial charge in [-0.1, -0.05) is 54.6 Å². The van der Waals surface area contributed by atoms with Crippen LogP contribution in [0.4, 0.5) is 0 Å². The molecule has 0 saturated carbocycles. The summed E-state index contributed by atoms with van der Waals surface area (Å²) in [5.74, 6) is 0.0358. The van der Waals surface area contributed by atoms with E-state index in [1.54, 1.807) is 0 Å². The molecule has 2 bridgehead atoms. The number of nitrogens with one attached hydrogen (secondary N) is 1. The van der Waals surface area contributed by atoms with Crippen LogP contribution in [0.15, 0.2) is 54.6 Å². The summed E-state index contributed by atoms with van der Waals surface area (Å²) in [6.45, 7) is 7.76. The van der Waals surface area contributed by atoms with Crippen LogP contribution in [0.2, 0.25) is 0 Å². The Morgan fingerprint density at radius 3 is 2.61 bits per heavy atom. The number of piperidine rings is 1. The fourth-order valence-corrected chi connectivity index (χ4v) is 7.40. The third-order valence-electron chi connectivity index (χ3n) is 9.44. The Bertz CT molecular complexity index is 1310. The number of amides is 1. The minimum atomic E-state index is -0.851. The predicted octanol–water partition coefficient (Wildman–Crippen LogP) is 4.40. The number of carbonyl (C=O) groups excluding carboxylic acids is 1. The first-order chi connectivity index (χ1) is 17.2. The standard InChI is InChI=1S/C31H37N3O2/c1-20(2)34(19-22-10-6-5-7-11-22)29(35)28-21(3)24-17-31(36)27-16-23-12-8-9-13-25(23)30(31,14-15-33(27)4)18-26(24)32-28/h5-13,20,27,32,36H,14-19H2,1-4H3/t27-,30-,31+/m0/s1. The summed E-state index contributed by atoms with van der Waals surface area (Å²) in [4.78, 5) is 21.8. The summed E-state index contributed by atoms with van der Waals surface area (Å²) in [6, 6.07) is 19.0. The molecule has 3 aromatic rings. The van der Waals surface area contributed by atoms with Gasteiger partial charge in [-0.2, -0.15) is 0 Å². The molecule has 6 rings (SSSR count). The number of nitrogens with zero attached hydrogens (tertiary/aromatic N) is 2. The molecule has 1 amide bonds. The van der Waals surface area contributed by atoms with Gasteiger partial charge < -0.3 is 19.9 Å². The van der Waals surface area contributed by atoms with Crippen LogP contribution in [0.3, 0.4) is 0 Å². The summed E-state index contributed by atoms with van der Waals surface area (Å²) >= 11 is 0. The number of aromatic amines is 1. The summed E-state index contributed by atoms with van der Waals surface area (Å²) in [7, 11) is 2.15. The van der Waals surface area contributed by atoms with E-state index in [-0.39, 0.29) is 23.4 Å². The topological polar surface area (TPSA) is 59.6 Å². The van der Waals surface area contributed by atoms with Gasteiger partial charge >= 0.3 is 0 Å². The van der Waals surface area contributed by atoms with Crippen molar-refractivity contribution in [2.75, 3.05) is 13.6 Å². The first-order valence-electron chi connectivity index (χ1n) is 13.3. The fourth-order valence-electron chi connectivity index (χ4n) is 7.40. The van der Waals surface area contributed by atoms with E-state index in [4.69, 9.17) is 0 Å². The fraction of sp³-hybridized carbons (Fsp3) is 0.452. The van der Waals surface area contributed by atoms with Gasteiger partial charge in [0.2, 0.25) is 0 Å². The second-order valence-corrected chi connectivity index (χ2v) is 11.6. The highest BCUT2D eigenvalue weighted by Crippen LogP contribution is 2.57. The van der Waals surface area contributed by atoms with Gasteiger partial charge in [0.05, 0.1) is 5.60 Å². The Kier molecular flexibility index (Phi) is 5.43. The van der Waals surface area contributed by atoms with Gasteiger partial charge in [0.15, 0.2) is 0 Å². The highest BCUT2D eigenvalue weighted by molar-refractivity contribution is 5.95. The number of benzene rings is 2. The van der Waals surface area contributed by atoms with E-state index in [0.29, 0.717) is 18.7 Å². The number of likely N-dealkylation sites (tertiary alicyclic amines) is 1. The molecule has 3 aliphatic rings. The van der Waals surface area contributed by atoms with Gasteiger partial charge in [-0.25, -0.2) is 0 Å². The molecule has 0 unspecified atom stereocenters. The predicted molar refractivity (Wildman–Crippen MR) is 142 cm³/mol. The average Bonchev–Trinajstić information content (AvgIpc) is 3.18. The molecule has 188 valence electrons. The van der Waals surface area contributed by atoms with E-state index in [2.05, 4.69) is 74.1 Å². The van der Waals surface area contributed by atoms with Crippen LogP contribution in [0.1, 0.15) is 64.3 Å². The zero-order valence-electron chi connectivity index (χ0n) is 21.8. The van der Waals surface area contributed by atoms with Gasteiger partial charge in [0.25, 0.3) is 5.91 Å². The Morgan fingerprint density at radius 2 is 1.86 bits per heavy atom. The van der Waals surface area contributed by atoms with Crippen molar-refractivity contribution in [3.05, 3.63) is 93.8 Å². The molecule has 5 heteroatoms. The van der Waals surface area contributed by atoms with Crippen LogP contribution in [0.5, 0.6) is 0 Å². The lowest BCUT2D eigenvalue weighted by Gasteiger charge is -2.63. The largest absolute Gasteiger partial charge is 0.387 e. The molecule has 36 heavy (non-hydrogen) atoms. The van der Waals surface area contributed by atoms with Crippen molar-refractivity contribution in [2.45, 2.75) is 76.1 Å². The van der Waals surface area contributed by atoms with Crippen LogP contribution < -0.4 is 0 Å². The molecule has 1 aromatic heterocycles. The minimum absolute atomic E-state index is 0.0358. The van der Waals surface area contributed by atoms with Crippen LogP contribution in [-0.4, -0.2) is 57.1 Å². The Morgan fingerprint density at radius 1 is 1.14 bits per heavy atom. The molecule has 1 aliphatic heterocycles. The quantitative estimate of drug-likeness (QED) is 0.578. The summed E-state index contributed by atoms with van der Waals surface area (Å²) in [6.07, 6.45) is 3.12. The van der Waals surface area contributed by atoms with Crippen molar-refractivity contribution < 1.29 is 9.90 Å². The zero-order chi connectivity index (χ0) is 25.2. The highest BCUT2D eigenvalue weighted by Gasteiger charge is 2.64. The SMILES string of the molecule is Cc1c(C(=O)N(Cc2ccccc2)C(C)C)[nH]c2c1C[C@@]1(O)[C@@H]3Cc4ccccc4[C@]1(CCN3C)C2. The second-order valence-electron chi connectivity index (χ2n) is 11.6. The van der Waals surface area contributed by atoms with E-state index in [1.807, 2.05) is 23.1 Å². The Hall–Kier alpha value is -2.89. The van der Waals surface area contributed by atoms with E-state index >= 15 is 0 Å². The van der Waals surface area contributed by atoms with E-state index < -0.39 is 5.60 Å². The van der Waals surface area contributed by atoms with Crippen LogP contribution in [0, 0.1) is 6.92 Å². The molecule has 2 aliphatic carbocycles. The van der Waals surface area contributed by atoms with E-state index in [9.17, 15) is 9.90 Å². The third-order valence-corrected chi connectivity index (χ3v) is 9.44. The van der Waals surface area contributed by atoms with Crippen LogP contribution in [-0.2, 0) is 31.2 Å². The van der Waals surface area contributed by atoms with Gasteiger partial charge in [-0.15, -0.1) is 0 Å². The van der Waals surface area contributed by atoms with Gasteiger partial charge in [-0.3, -0.25) is 4.79 Å². The van der Waals surface area contributed by atoms with Crippen molar-refractivity contribution in [1.82, 2.24) is 14.8 Å². The summed E-state index contributed by atoms with van der Waals surface area (Å²) in [5.41, 5.74) is 6.55. The molecule has 2 heterocycles. The lowest BCUT2D eigenvalue weighted by molar-refractivity contribution is -0.145. The van der Waals surface area contributed by atoms with Crippen molar-refractivity contribution >= 4 is 5.91 Å². The van der Waals surface area contributed by atoms with Crippen LogP contribution >= 0.6 is 0 Å². The van der Waals surface area contributed by atoms with Gasteiger partial charge in [-0.05, 0) is 75.0 Å². The van der Waals surface area contributed by atoms with Crippen molar-refractivity contribution in [1.29, 1.82) is 0 Å². The molecule has 0 radical (unpaired) electrons. The number of hydrogen-bond acceptors (Lipinski definition) is 3. The van der Waals surface area contributed by atoms with E-state index in [0.717, 1.165) is 48.2 Å². The zero-order valence-corrected chi connectivity index (χ0v) is 21.8. The number of fused-ring (bicyclic) bond motifs is 2. The van der Waals surface area contributed by atoms with Gasteiger partial charge in [0, 0.05) is 42.6 Å². The molecule has 1 fully saturated rings. The first kappa shape index (κ1) is 23.5. The Balaban J connectivity index is 1.42. The van der Waals surface area contributed by atoms with E-state index in [1.165, 1.54) is 11.1 Å². The first-order valence-corrected chi connectivity index (χ1v) is 13.3. The number of rotatable bonds is 4. The maximum absolute atomic E-state index is 13.9. The molecule has 2 N–H and O–H groups in total. The number of aliphatic hydroxyl groups is 1. The number of hydrogen-bond donors (Lipinski definition) is 2. The molecular weight excluding hydrogens is 446 g/mol. The second kappa shape index (κ2) is 8.32. The molecule has 2 aromatic carbocycles. The number of likely N-dealkylation sites (N-methyl/N-ethyl adjacent to an activating group) is 1. The Labute approximate surface area is 214 Å². The van der Waals surface area contributed by atoms with Crippen molar-refractivity contribution in [3.8, 4) is 0 Å². The molecule has 3 atom stereocenters. The van der Waals surface area contributed by atoms with Crippen molar-refractivity contribution in [2.24, 2.45) is 0 Å². The molecule has 0 spiro atoms. The molecular formula is C31H37N3O2. The average molecular weight is 484 g/mol. The van der Waals surface area contributed by atoms with Crippen molar-refractivity contribution in [3.63, 3.8) is 0 Å². The smallest absolute Gasteiger partial charge is 0.271 e. The number of carbonyl (C=O) groups is 1. The summed E-state index contributed by atoms with van der Waals surface area (Å²) < 4.78 is 0. The maximum atomic E-state index is 13.9. The number of aromatic nitrogens is 1. The molecule has 5 nitrogen and oxygen atoms in total. The lowest BCUT2D eigenvalue weighted by atomic mass is 9.49. The monoisotopic (exact) mass is 483 g/mol. The lowest BCUT2D eigenvalue weighted by Crippen LogP contribution is -2.73. The normalized spacial score (nSPS) is 26.8. The van der Waals surface area contributed by atoms with Gasteiger partial charge in [0.1, 0.15) is 5.69 Å². The highest BCUT2D eigenvalue weighted by atomic mass is 16.3. The number of H-pyrrole nitrogens is 1. The maximum Gasteiger partial charge on any atom is 0.271 e. The molecule has 1 saturated heterocycles. The minimum Gasteiger partial charge on any atom is -0.387 e. The third kappa shape index (κ3) is 3.25. The van der Waals surface area contributed by atoms with Crippen LogP contribution in [0.25, 0.3) is 0 Å². The summed E-state index contributed by atoms with van der Waals surface area (Å²) in [5, 5.41) is 12.5.